The average Bonchev–Trinajstić information content (AvgIpc) is 2.87. The van der Waals surface area contributed by atoms with Crippen molar-refractivity contribution in [3.05, 3.63) is 51.8 Å². The van der Waals surface area contributed by atoms with E-state index in [4.69, 9.17) is 23.2 Å². The number of aryl methyl sites for hydroxylation is 2. The van der Waals surface area contributed by atoms with Crippen LogP contribution in [-0.2, 0) is 6.42 Å². The van der Waals surface area contributed by atoms with Crippen LogP contribution in [-0.4, -0.2) is 26.4 Å². The monoisotopic (exact) mass is 335 g/mol. The van der Waals surface area contributed by atoms with E-state index in [0.29, 0.717) is 10.0 Å². The Morgan fingerprint density at radius 2 is 2.00 bits per heavy atom. The Labute approximate surface area is 138 Å². The second-order valence-corrected chi connectivity index (χ2v) is 5.85. The lowest BCUT2D eigenvalue weighted by molar-refractivity contribution is 0.835. The molecule has 3 aromatic rings. The molecule has 0 saturated heterocycles. The molecular weight excluding hydrogens is 321 g/mol. The summed E-state index contributed by atoms with van der Waals surface area (Å²) in [4.78, 5) is 0. The van der Waals surface area contributed by atoms with E-state index in [9.17, 15) is 0 Å². The number of halogens is 2. The number of nitrogens with zero attached hydrogens (tertiary/aromatic N) is 4. The zero-order valence-electron chi connectivity index (χ0n) is 12.1. The smallest absolute Gasteiger partial charge is 0.178 e. The Kier molecular flexibility index (Phi) is 4.45. The lowest BCUT2D eigenvalue weighted by Crippen LogP contribution is -2.07. The minimum Gasteiger partial charge on any atom is -0.369 e. The predicted molar refractivity (Wildman–Crippen MR) is 88.8 cm³/mol. The first-order valence-corrected chi connectivity index (χ1v) is 7.76. The third-order valence-electron chi connectivity index (χ3n) is 3.36. The molecule has 7 heteroatoms. The molecule has 0 spiro atoms. The molecule has 0 aliphatic carbocycles. The van der Waals surface area contributed by atoms with Crippen LogP contribution in [0, 0.1) is 6.92 Å². The first kappa shape index (κ1) is 15.1. The van der Waals surface area contributed by atoms with Crippen LogP contribution in [0.4, 0.5) is 5.82 Å². The maximum atomic E-state index is 6.16. The Hall–Kier alpha value is -1.85. The van der Waals surface area contributed by atoms with Gasteiger partial charge in [0.05, 0.1) is 0 Å². The first-order chi connectivity index (χ1) is 10.6. The van der Waals surface area contributed by atoms with E-state index < -0.39 is 0 Å². The van der Waals surface area contributed by atoms with Crippen molar-refractivity contribution in [2.24, 2.45) is 0 Å². The lowest BCUT2D eigenvalue weighted by atomic mass is 10.1. The molecule has 0 bridgehead atoms. The van der Waals surface area contributed by atoms with Gasteiger partial charge in [-0.2, -0.15) is 4.52 Å². The van der Waals surface area contributed by atoms with Crippen molar-refractivity contribution in [2.45, 2.75) is 19.8 Å². The number of aromatic nitrogens is 4. The van der Waals surface area contributed by atoms with Crippen LogP contribution in [0.1, 0.15) is 17.8 Å². The number of nitrogens with one attached hydrogen (secondary N) is 1. The van der Waals surface area contributed by atoms with Gasteiger partial charge in [-0.15, -0.1) is 15.3 Å². The van der Waals surface area contributed by atoms with Crippen LogP contribution >= 0.6 is 23.2 Å². The highest BCUT2D eigenvalue weighted by Gasteiger charge is 2.04. The Balaban J connectivity index is 1.56. The summed E-state index contributed by atoms with van der Waals surface area (Å²) in [7, 11) is 0. The van der Waals surface area contributed by atoms with Gasteiger partial charge in [-0.05, 0) is 49.6 Å². The lowest BCUT2D eigenvalue weighted by Gasteiger charge is -2.07. The molecular formula is C15H15Cl2N5. The van der Waals surface area contributed by atoms with Gasteiger partial charge in [0.25, 0.3) is 0 Å². The molecule has 0 unspecified atom stereocenters. The fraction of sp³-hybridized carbons (Fsp3) is 0.267. The van der Waals surface area contributed by atoms with Crippen molar-refractivity contribution in [1.29, 1.82) is 0 Å². The summed E-state index contributed by atoms with van der Waals surface area (Å²) >= 11 is 12.1. The van der Waals surface area contributed by atoms with Gasteiger partial charge in [0.1, 0.15) is 5.82 Å². The van der Waals surface area contributed by atoms with E-state index >= 15 is 0 Å². The molecule has 2 heterocycles. The van der Waals surface area contributed by atoms with Gasteiger partial charge in [-0.3, -0.25) is 0 Å². The zero-order valence-corrected chi connectivity index (χ0v) is 13.6. The number of fused-ring (bicyclic) bond motifs is 1. The molecule has 1 N–H and O–H groups in total. The van der Waals surface area contributed by atoms with E-state index in [1.807, 2.05) is 31.2 Å². The topological polar surface area (TPSA) is 55.1 Å². The Morgan fingerprint density at radius 3 is 2.82 bits per heavy atom. The predicted octanol–water partition coefficient (Wildman–Crippen LogP) is 3.78. The molecule has 2 aromatic heterocycles. The summed E-state index contributed by atoms with van der Waals surface area (Å²) in [5.74, 6) is 1.57. The summed E-state index contributed by atoms with van der Waals surface area (Å²) in [5.41, 5.74) is 1.85. The van der Waals surface area contributed by atoms with Crippen LogP contribution in [0.5, 0.6) is 0 Å². The standard InChI is InChI=1S/C15H15Cl2N5/c1-10-19-20-15-7-6-14(21-22(10)15)18-8-2-3-11-4-5-12(16)9-13(11)17/h4-7,9H,2-3,8H2,1H3,(H,18,21). The van der Waals surface area contributed by atoms with Crippen LogP contribution in [0.15, 0.2) is 30.3 Å². The van der Waals surface area contributed by atoms with E-state index in [1.54, 1.807) is 10.6 Å². The van der Waals surface area contributed by atoms with E-state index in [-0.39, 0.29) is 0 Å². The highest BCUT2D eigenvalue weighted by molar-refractivity contribution is 6.35. The van der Waals surface area contributed by atoms with Gasteiger partial charge >= 0.3 is 0 Å². The molecule has 114 valence electrons. The van der Waals surface area contributed by atoms with E-state index in [2.05, 4.69) is 20.6 Å². The summed E-state index contributed by atoms with van der Waals surface area (Å²) in [6.45, 7) is 2.68. The number of hydrogen-bond donors (Lipinski definition) is 1. The third kappa shape index (κ3) is 3.31. The van der Waals surface area contributed by atoms with Crippen LogP contribution in [0.2, 0.25) is 10.0 Å². The van der Waals surface area contributed by atoms with Crippen molar-refractivity contribution >= 4 is 34.7 Å². The van der Waals surface area contributed by atoms with Crippen molar-refractivity contribution in [1.82, 2.24) is 19.8 Å². The quantitative estimate of drug-likeness (QED) is 0.721. The molecule has 22 heavy (non-hydrogen) atoms. The summed E-state index contributed by atoms with van der Waals surface area (Å²) in [6.07, 6.45) is 1.83. The fourth-order valence-electron chi connectivity index (χ4n) is 2.21. The average molecular weight is 336 g/mol. The summed E-state index contributed by atoms with van der Waals surface area (Å²) in [5, 5.41) is 17.1. The molecule has 0 fully saturated rings. The first-order valence-electron chi connectivity index (χ1n) is 7.00. The summed E-state index contributed by atoms with van der Waals surface area (Å²) < 4.78 is 1.72. The third-order valence-corrected chi connectivity index (χ3v) is 3.95. The van der Waals surface area contributed by atoms with Gasteiger partial charge in [-0.25, -0.2) is 0 Å². The molecule has 0 saturated carbocycles. The minimum atomic E-state index is 0.661. The second kappa shape index (κ2) is 6.50. The normalized spacial score (nSPS) is 11.0. The number of anilines is 1. The molecule has 0 amide bonds. The molecule has 0 aliphatic rings. The van der Waals surface area contributed by atoms with Crippen molar-refractivity contribution in [2.75, 3.05) is 11.9 Å². The zero-order chi connectivity index (χ0) is 15.5. The highest BCUT2D eigenvalue weighted by Crippen LogP contribution is 2.22. The van der Waals surface area contributed by atoms with Crippen molar-refractivity contribution < 1.29 is 0 Å². The molecule has 0 aliphatic heterocycles. The van der Waals surface area contributed by atoms with Gasteiger partial charge in [0.15, 0.2) is 11.5 Å². The van der Waals surface area contributed by atoms with Crippen molar-refractivity contribution in [3.8, 4) is 0 Å². The summed E-state index contributed by atoms with van der Waals surface area (Å²) in [6, 6.07) is 9.40. The molecule has 0 atom stereocenters. The maximum Gasteiger partial charge on any atom is 0.178 e. The molecule has 0 radical (unpaired) electrons. The number of rotatable bonds is 5. The largest absolute Gasteiger partial charge is 0.369 e. The number of benzene rings is 1. The van der Waals surface area contributed by atoms with Gasteiger partial charge < -0.3 is 5.32 Å². The van der Waals surface area contributed by atoms with Gasteiger partial charge in [0.2, 0.25) is 0 Å². The highest BCUT2D eigenvalue weighted by atomic mass is 35.5. The van der Waals surface area contributed by atoms with Crippen molar-refractivity contribution in [3.63, 3.8) is 0 Å². The molecule has 1 aromatic carbocycles. The maximum absolute atomic E-state index is 6.16. The Bertz CT molecular complexity index is 800. The molecule has 5 nitrogen and oxygen atoms in total. The van der Waals surface area contributed by atoms with Gasteiger partial charge in [0, 0.05) is 16.6 Å². The SMILES string of the molecule is Cc1nnc2ccc(NCCCc3ccc(Cl)cc3Cl)nn12. The second-order valence-electron chi connectivity index (χ2n) is 5.00. The Morgan fingerprint density at radius 1 is 1.14 bits per heavy atom. The minimum absolute atomic E-state index is 0.661. The number of hydrogen-bond acceptors (Lipinski definition) is 4. The molecule has 3 rings (SSSR count). The fourth-order valence-corrected chi connectivity index (χ4v) is 2.71. The van der Waals surface area contributed by atoms with Gasteiger partial charge in [-0.1, -0.05) is 29.3 Å². The van der Waals surface area contributed by atoms with Crippen LogP contribution in [0.3, 0.4) is 0 Å². The van der Waals surface area contributed by atoms with E-state index in [0.717, 1.165) is 42.2 Å². The van der Waals surface area contributed by atoms with Crippen LogP contribution in [0.25, 0.3) is 5.65 Å². The van der Waals surface area contributed by atoms with E-state index in [1.165, 1.54) is 0 Å². The van der Waals surface area contributed by atoms with Crippen LogP contribution < -0.4 is 5.32 Å².